The lowest BCUT2D eigenvalue weighted by molar-refractivity contribution is -0.140. The molecule has 10 nitrogen and oxygen atoms in total. The van der Waals surface area contributed by atoms with Gasteiger partial charge in [0.2, 0.25) is 0 Å². The van der Waals surface area contributed by atoms with Crippen LogP contribution < -0.4 is 19.9 Å². The zero-order chi connectivity index (χ0) is 32.1. The number of nitrogens with zero attached hydrogens (tertiary/aromatic N) is 3. The molecule has 1 aliphatic rings. The number of rotatable bonds is 9. The summed E-state index contributed by atoms with van der Waals surface area (Å²) in [6.45, 7) is 5.20. The lowest BCUT2D eigenvalue weighted by atomic mass is 10.1. The van der Waals surface area contributed by atoms with Crippen LogP contribution in [0.3, 0.4) is 0 Å². The molecule has 1 aromatic heterocycles. The summed E-state index contributed by atoms with van der Waals surface area (Å²) in [7, 11) is -2.30. The second-order valence-corrected chi connectivity index (χ2v) is 13.0. The molecular weight excluding hydrogens is 592 g/mol. The van der Waals surface area contributed by atoms with Gasteiger partial charge in [-0.05, 0) is 71.5 Å². The van der Waals surface area contributed by atoms with Crippen molar-refractivity contribution in [1.82, 2.24) is 13.6 Å². The van der Waals surface area contributed by atoms with Crippen molar-refractivity contribution in [3.63, 3.8) is 0 Å². The maximum absolute atomic E-state index is 13.3. The third-order valence-electron chi connectivity index (χ3n) is 7.86. The highest BCUT2D eigenvalue weighted by Crippen LogP contribution is 2.19. The van der Waals surface area contributed by atoms with Crippen LogP contribution in [-0.4, -0.2) is 67.7 Å². The summed E-state index contributed by atoms with van der Waals surface area (Å²) in [5, 5.41) is 10.8. The van der Waals surface area contributed by atoms with Gasteiger partial charge in [-0.1, -0.05) is 43.9 Å². The predicted octanol–water partition coefficient (Wildman–Crippen LogP) is 3.52. The van der Waals surface area contributed by atoms with E-state index in [1.165, 1.54) is 4.31 Å². The number of piperazine rings is 1. The first-order valence-corrected chi connectivity index (χ1v) is 16.1. The Morgan fingerprint density at radius 2 is 1.58 bits per heavy atom. The van der Waals surface area contributed by atoms with E-state index in [0.29, 0.717) is 25.0 Å². The molecule has 0 radical (unpaired) electrons. The second-order valence-electron chi connectivity index (χ2n) is 11.3. The number of fused-ring (bicyclic) bond motifs is 1. The summed E-state index contributed by atoms with van der Waals surface area (Å²) in [5.41, 5.74) is 3.40. The second kappa shape index (κ2) is 13.6. The number of carboxylic acid groups (broad SMARTS) is 1. The summed E-state index contributed by atoms with van der Waals surface area (Å²) >= 11 is 0. The van der Waals surface area contributed by atoms with E-state index in [2.05, 4.69) is 21.5 Å². The Bertz CT molecular complexity index is 1900. The van der Waals surface area contributed by atoms with E-state index in [1.807, 2.05) is 72.8 Å². The first-order chi connectivity index (χ1) is 21.5. The van der Waals surface area contributed by atoms with Crippen molar-refractivity contribution in [2.24, 2.45) is 5.92 Å². The highest BCUT2D eigenvalue weighted by molar-refractivity contribution is 7.87. The molecule has 0 saturated carbocycles. The number of nitrogens with one attached hydrogen (secondary N) is 1. The Morgan fingerprint density at radius 3 is 2.20 bits per heavy atom. The number of pyridine rings is 1. The monoisotopic (exact) mass is 628 g/mol. The molecule has 234 valence electrons. The number of carboxylic acids is 1. The van der Waals surface area contributed by atoms with Crippen LogP contribution in [0.25, 0.3) is 10.8 Å². The van der Waals surface area contributed by atoms with E-state index in [4.69, 9.17) is 4.74 Å². The SMILES string of the molecule is COc1ccc(Cn2ccc3ccc(C#Cc4ccc(N5CCN(S(=O)(=O)N[C@@H](C(=O)O)C(C)C)CC5)cc4)cc3c2=O)cc1. The molecule has 0 spiro atoms. The van der Waals surface area contributed by atoms with Gasteiger partial charge in [0.25, 0.3) is 15.8 Å². The van der Waals surface area contributed by atoms with Gasteiger partial charge in [-0.3, -0.25) is 9.59 Å². The maximum atomic E-state index is 13.3. The third-order valence-corrected chi connectivity index (χ3v) is 9.46. The van der Waals surface area contributed by atoms with E-state index in [0.717, 1.165) is 33.5 Å². The topological polar surface area (TPSA) is 121 Å². The summed E-state index contributed by atoms with van der Waals surface area (Å²) in [6, 6.07) is 21.7. The van der Waals surface area contributed by atoms with Crippen molar-refractivity contribution in [2.45, 2.75) is 26.4 Å². The number of methoxy groups -OCH3 is 1. The number of anilines is 1. The van der Waals surface area contributed by atoms with Crippen LogP contribution in [-0.2, 0) is 21.5 Å². The smallest absolute Gasteiger partial charge is 0.322 e. The average Bonchev–Trinajstić information content (AvgIpc) is 3.04. The molecular formula is C34H36N4O6S. The molecule has 1 atom stereocenters. The van der Waals surface area contributed by atoms with Crippen LogP contribution >= 0.6 is 0 Å². The summed E-state index contributed by atoms with van der Waals surface area (Å²) < 4.78 is 36.1. The summed E-state index contributed by atoms with van der Waals surface area (Å²) in [4.78, 5) is 26.8. The van der Waals surface area contributed by atoms with Crippen molar-refractivity contribution in [3.05, 3.63) is 106 Å². The average molecular weight is 629 g/mol. The van der Waals surface area contributed by atoms with E-state index < -0.39 is 22.2 Å². The number of benzene rings is 3. The van der Waals surface area contributed by atoms with Gasteiger partial charge < -0.3 is 19.3 Å². The summed E-state index contributed by atoms with van der Waals surface area (Å²) in [5.74, 6) is 5.53. The van der Waals surface area contributed by atoms with E-state index >= 15 is 0 Å². The molecule has 2 N–H and O–H groups in total. The molecule has 0 bridgehead atoms. The first-order valence-electron chi connectivity index (χ1n) is 14.7. The van der Waals surface area contributed by atoms with E-state index in [-0.39, 0.29) is 24.6 Å². The highest BCUT2D eigenvalue weighted by atomic mass is 32.2. The maximum Gasteiger partial charge on any atom is 0.322 e. The van der Waals surface area contributed by atoms with Crippen LogP contribution in [0.1, 0.15) is 30.5 Å². The lowest BCUT2D eigenvalue weighted by Gasteiger charge is -2.36. The molecule has 1 aliphatic heterocycles. The van der Waals surface area contributed by atoms with Crippen molar-refractivity contribution < 1.29 is 23.1 Å². The van der Waals surface area contributed by atoms with Gasteiger partial charge in [-0.15, -0.1) is 0 Å². The Hall–Kier alpha value is -4.63. The van der Waals surface area contributed by atoms with Crippen molar-refractivity contribution >= 4 is 32.6 Å². The molecule has 0 unspecified atom stereocenters. The quantitative estimate of drug-likeness (QED) is 0.272. The fraction of sp³-hybridized carbons (Fsp3) is 0.294. The van der Waals surface area contributed by atoms with Crippen LogP contribution in [0.15, 0.2) is 83.8 Å². The highest BCUT2D eigenvalue weighted by Gasteiger charge is 2.33. The molecule has 0 amide bonds. The minimum Gasteiger partial charge on any atom is -0.497 e. The van der Waals surface area contributed by atoms with Gasteiger partial charge in [0.1, 0.15) is 11.8 Å². The Balaban J connectivity index is 1.23. The molecule has 5 rings (SSSR count). The summed E-state index contributed by atoms with van der Waals surface area (Å²) in [6.07, 6.45) is 1.80. The fourth-order valence-corrected chi connectivity index (χ4v) is 6.69. The van der Waals surface area contributed by atoms with Crippen LogP contribution in [0.2, 0.25) is 0 Å². The van der Waals surface area contributed by atoms with E-state index in [9.17, 15) is 23.1 Å². The molecule has 0 aliphatic carbocycles. The molecule has 1 saturated heterocycles. The number of hydrogen-bond acceptors (Lipinski definition) is 6. The van der Waals surface area contributed by atoms with Crippen molar-refractivity contribution in [2.75, 3.05) is 38.2 Å². The normalized spacial score (nSPS) is 14.6. The Morgan fingerprint density at radius 1 is 0.933 bits per heavy atom. The predicted molar refractivity (Wildman–Crippen MR) is 175 cm³/mol. The zero-order valence-corrected chi connectivity index (χ0v) is 26.3. The standard InChI is InChI=1S/C34H36N4O6S/c1-24(2)32(34(40)41)35-45(42,43)38-20-18-36(19-21-38)29-12-7-25(8-13-29)4-5-26-6-11-28-16-17-37(33(39)31(28)22-26)23-27-9-14-30(44-3)15-10-27/h6-17,22,24,32,35H,18-21,23H2,1-3H3,(H,40,41)/t32-/m1/s1. The van der Waals surface area contributed by atoms with Gasteiger partial charge in [-0.2, -0.15) is 17.4 Å². The Kier molecular flexibility index (Phi) is 9.58. The van der Waals surface area contributed by atoms with Crippen molar-refractivity contribution in [1.29, 1.82) is 0 Å². The minimum absolute atomic E-state index is 0.0818. The van der Waals surface area contributed by atoms with Gasteiger partial charge >= 0.3 is 5.97 Å². The van der Waals surface area contributed by atoms with Crippen LogP contribution in [0.4, 0.5) is 5.69 Å². The van der Waals surface area contributed by atoms with Gasteiger partial charge in [0, 0.05) is 54.6 Å². The molecule has 4 aromatic rings. The van der Waals surface area contributed by atoms with Gasteiger partial charge in [-0.25, -0.2) is 0 Å². The van der Waals surface area contributed by atoms with Gasteiger partial charge in [0.15, 0.2) is 0 Å². The third kappa shape index (κ3) is 7.54. The van der Waals surface area contributed by atoms with Crippen LogP contribution in [0.5, 0.6) is 5.75 Å². The first kappa shape index (κ1) is 31.8. The molecule has 45 heavy (non-hydrogen) atoms. The zero-order valence-electron chi connectivity index (χ0n) is 25.4. The number of aliphatic carboxylic acids is 1. The largest absolute Gasteiger partial charge is 0.497 e. The number of ether oxygens (including phenoxy) is 1. The van der Waals surface area contributed by atoms with Crippen molar-refractivity contribution in [3.8, 4) is 17.6 Å². The van der Waals surface area contributed by atoms with Crippen LogP contribution in [0, 0.1) is 17.8 Å². The Labute approximate surface area is 263 Å². The number of carbonyl (C=O) groups is 1. The number of hydrogen-bond donors (Lipinski definition) is 2. The molecule has 2 heterocycles. The molecule has 3 aromatic carbocycles. The van der Waals surface area contributed by atoms with Gasteiger partial charge in [0.05, 0.1) is 13.7 Å². The fourth-order valence-electron chi connectivity index (χ4n) is 5.20. The lowest BCUT2D eigenvalue weighted by Crippen LogP contribution is -2.55. The molecule has 1 fully saturated rings. The van der Waals surface area contributed by atoms with E-state index in [1.54, 1.807) is 31.7 Å². The minimum atomic E-state index is -3.92. The molecule has 11 heteroatoms. The number of aromatic nitrogens is 1.